The van der Waals surface area contributed by atoms with Crippen molar-refractivity contribution in [1.29, 1.82) is 0 Å². The zero-order valence-corrected chi connectivity index (χ0v) is 10.7. The maximum Gasteiger partial charge on any atom is 0.245 e. The van der Waals surface area contributed by atoms with E-state index in [1.54, 1.807) is 6.20 Å². The highest BCUT2D eigenvalue weighted by molar-refractivity contribution is 5.87. The van der Waals surface area contributed by atoms with Crippen molar-refractivity contribution in [3.05, 3.63) is 12.4 Å². The SMILES string of the molecule is CNC(=O)C1COCCN1C(=O)Cn1cc(N)cn1. The van der Waals surface area contributed by atoms with Crippen molar-refractivity contribution in [2.45, 2.75) is 12.6 Å². The minimum atomic E-state index is -0.584. The lowest BCUT2D eigenvalue weighted by atomic mass is 10.2. The lowest BCUT2D eigenvalue weighted by Gasteiger charge is -2.34. The number of nitrogens with zero attached hydrogens (tertiary/aromatic N) is 3. The van der Waals surface area contributed by atoms with Gasteiger partial charge in [-0.2, -0.15) is 5.10 Å². The van der Waals surface area contributed by atoms with E-state index in [1.807, 2.05) is 0 Å². The molecule has 8 nitrogen and oxygen atoms in total. The second-order valence-electron chi connectivity index (χ2n) is 4.26. The number of hydrogen-bond acceptors (Lipinski definition) is 5. The molecule has 2 rings (SSSR count). The molecule has 0 radical (unpaired) electrons. The van der Waals surface area contributed by atoms with Crippen LogP contribution in [0.25, 0.3) is 0 Å². The molecule has 1 aromatic heterocycles. The van der Waals surface area contributed by atoms with Crippen LogP contribution in [0.4, 0.5) is 5.69 Å². The van der Waals surface area contributed by atoms with Crippen molar-refractivity contribution in [2.24, 2.45) is 0 Å². The third-order valence-corrected chi connectivity index (χ3v) is 2.95. The van der Waals surface area contributed by atoms with Gasteiger partial charge in [0, 0.05) is 19.8 Å². The van der Waals surface area contributed by atoms with Crippen molar-refractivity contribution < 1.29 is 14.3 Å². The number of aromatic nitrogens is 2. The molecule has 0 bridgehead atoms. The van der Waals surface area contributed by atoms with Gasteiger partial charge in [-0.1, -0.05) is 0 Å². The number of nitrogen functional groups attached to an aromatic ring is 1. The van der Waals surface area contributed by atoms with Crippen LogP contribution in [0.2, 0.25) is 0 Å². The van der Waals surface area contributed by atoms with Gasteiger partial charge in [0.25, 0.3) is 0 Å². The molecule has 1 unspecified atom stereocenters. The van der Waals surface area contributed by atoms with Crippen LogP contribution in [0, 0.1) is 0 Å². The summed E-state index contributed by atoms with van der Waals surface area (Å²) in [6.07, 6.45) is 3.05. The van der Waals surface area contributed by atoms with E-state index in [2.05, 4.69) is 10.4 Å². The first kappa shape index (κ1) is 13.3. The highest BCUT2D eigenvalue weighted by Gasteiger charge is 2.32. The number of carbonyl (C=O) groups is 2. The fourth-order valence-electron chi connectivity index (χ4n) is 1.98. The van der Waals surface area contributed by atoms with Gasteiger partial charge >= 0.3 is 0 Å². The zero-order valence-electron chi connectivity index (χ0n) is 10.7. The van der Waals surface area contributed by atoms with Gasteiger partial charge < -0.3 is 20.7 Å². The molecule has 0 aromatic carbocycles. The van der Waals surface area contributed by atoms with Gasteiger partial charge in [0.15, 0.2) is 0 Å². The van der Waals surface area contributed by atoms with E-state index < -0.39 is 6.04 Å². The normalized spacial score (nSPS) is 19.2. The van der Waals surface area contributed by atoms with Crippen molar-refractivity contribution in [2.75, 3.05) is 32.5 Å². The largest absolute Gasteiger partial charge is 0.396 e. The van der Waals surface area contributed by atoms with Gasteiger partial charge in [-0.15, -0.1) is 0 Å². The summed E-state index contributed by atoms with van der Waals surface area (Å²) in [7, 11) is 1.54. The van der Waals surface area contributed by atoms with Gasteiger partial charge in [0.1, 0.15) is 12.6 Å². The van der Waals surface area contributed by atoms with Gasteiger partial charge in [-0.05, 0) is 0 Å². The van der Waals surface area contributed by atoms with Gasteiger partial charge in [0.05, 0.1) is 25.1 Å². The molecule has 3 N–H and O–H groups in total. The third-order valence-electron chi connectivity index (χ3n) is 2.95. The Balaban J connectivity index is 2.05. The Labute approximate surface area is 110 Å². The minimum Gasteiger partial charge on any atom is -0.396 e. The Hall–Kier alpha value is -2.09. The fourth-order valence-corrected chi connectivity index (χ4v) is 1.98. The first-order valence-electron chi connectivity index (χ1n) is 5.98. The molecule has 104 valence electrons. The molecule has 0 spiro atoms. The number of amides is 2. The average molecular weight is 267 g/mol. The number of hydrogen-bond donors (Lipinski definition) is 2. The maximum absolute atomic E-state index is 12.2. The molecule has 1 fully saturated rings. The van der Waals surface area contributed by atoms with Gasteiger partial charge in [0.2, 0.25) is 11.8 Å². The van der Waals surface area contributed by atoms with Crippen LogP contribution in [0.15, 0.2) is 12.4 Å². The summed E-state index contributed by atoms with van der Waals surface area (Å²) < 4.78 is 6.70. The van der Waals surface area contributed by atoms with Crippen LogP contribution in [0.3, 0.4) is 0 Å². The maximum atomic E-state index is 12.2. The molecule has 1 aromatic rings. The van der Waals surface area contributed by atoms with Gasteiger partial charge in [-0.3, -0.25) is 14.3 Å². The minimum absolute atomic E-state index is 0.0602. The first-order valence-corrected chi connectivity index (χ1v) is 5.98. The van der Waals surface area contributed by atoms with E-state index >= 15 is 0 Å². The molecule has 8 heteroatoms. The summed E-state index contributed by atoms with van der Waals surface area (Å²) in [6.45, 7) is 1.10. The number of ether oxygens (including phenoxy) is 1. The number of nitrogens with one attached hydrogen (secondary N) is 1. The van der Waals surface area contributed by atoms with E-state index in [9.17, 15) is 9.59 Å². The Kier molecular flexibility index (Phi) is 4.00. The molecule has 2 heterocycles. The molecule has 0 saturated carbocycles. The Morgan fingerprint density at radius 2 is 2.42 bits per heavy atom. The fraction of sp³-hybridized carbons (Fsp3) is 0.545. The van der Waals surface area contributed by atoms with Crippen LogP contribution >= 0.6 is 0 Å². The smallest absolute Gasteiger partial charge is 0.245 e. The molecule has 1 aliphatic heterocycles. The molecular weight excluding hydrogens is 250 g/mol. The van der Waals surface area contributed by atoms with E-state index in [4.69, 9.17) is 10.5 Å². The third kappa shape index (κ3) is 3.02. The van der Waals surface area contributed by atoms with Crippen molar-refractivity contribution >= 4 is 17.5 Å². The van der Waals surface area contributed by atoms with E-state index in [0.29, 0.717) is 18.8 Å². The molecule has 0 aliphatic carbocycles. The van der Waals surface area contributed by atoms with E-state index in [1.165, 1.54) is 22.8 Å². The van der Waals surface area contributed by atoms with E-state index in [-0.39, 0.29) is 25.0 Å². The number of anilines is 1. The van der Waals surface area contributed by atoms with Gasteiger partial charge in [-0.25, -0.2) is 0 Å². The quantitative estimate of drug-likeness (QED) is 0.689. The van der Waals surface area contributed by atoms with Crippen molar-refractivity contribution in [3.8, 4) is 0 Å². The molecular formula is C11H17N5O3. The predicted molar refractivity (Wildman–Crippen MR) is 67.0 cm³/mol. The summed E-state index contributed by atoms with van der Waals surface area (Å²) in [5.74, 6) is -0.409. The zero-order chi connectivity index (χ0) is 13.8. The average Bonchev–Trinajstić information content (AvgIpc) is 2.83. The molecule has 19 heavy (non-hydrogen) atoms. The molecule has 1 aliphatic rings. The standard InChI is InChI=1S/C11H17N5O3/c1-13-11(18)9-7-19-3-2-16(9)10(17)6-15-5-8(12)4-14-15/h4-5,9H,2-3,6-7,12H2,1H3,(H,13,18). The Bertz CT molecular complexity index is 473. The van der Waals surface area contributed by atoms with Crippen LogP contribution < -0.4 is 11.1 Å². The number of likely N-dealkylation sites (N-methyl/N-ethyl adjacent to an activating group) is 1. The summed E-state index contributed by atoms with van der Waals surface area (Å²) in [4.78, 5) is 25.4. The lowest BCUT2D eigenvalue weighted by molar-refractivity contribution is -0.148. The number of carbonyl (C=O) groups excluding carboxylic acids is 2. The summed E-state index contributed by atoms with van der Waals surface area (Å²) >= 11 is 0. The van der Waals surface area contributed by atoms with Crippen molar-refractivity contribution in [1.82, 2.24) is 20.0 Å². The van der Waals surface area contributed by atoms with Crippen LogP contribution in [-0.2, 0) is 20.9 Å². The second-order valence-corrected chi connectivity index (χ2v) is 4.26. The van der Waals surface area contributed by atoms with Crippen LogP contribution in [0.1, 0.15) is 0 Å². The topological polar surface area (TPSA) is 102 Å². The predicted octanol–water partition coefficient (Wildman–Crippen LogP) is -1.56. The number of rotatable bonds is 3. The summed E-state index contributed by atoms with van der Waals surface area (Å²) in [6, 6.07) is -0.584. The van der Waals surface area contributed by atoms with Crippen LogP contribution in [0.5, 0.6) is 0 Å². The number of nitrogens with two attached hydrogens (primary N) is 1. The Morgan fingerprint density at radius 1 is 1.63 bits per heavy atom. The number of morpholine rings is 1. The van der Waals surface area contributed by atoms with E-state index in [0.717, 1.165) is 0 Å². The van der Waals surface area contributed by atoms with Crippen molar-refractivity contribution in [3.63, 3.8) is 0 Å². The summed E-state index contributed by atoms with van der Waals surface area (Å²) in [5, 5.41) is 6.49. The highest BCUT2D eigenvalue weighted by atomic mass is 16.5. The Morgan fingerprint density at radius 3 is 3.05 bits per heavy atom. The highest BCUT2D eigenvalue weighted by Crippen LogP contribution is 2.09. The molecule has 1 saturated heterocycles. The first-order chi connectivity index (χ1) is 9.11. The summed E-state index contributed by atoms with van der Waals surface area (Å²) in [5.41, 5.74) is 6.04. The van der Waals surface area contributed by atoms with Crippen LogP contribution in [-0.4, -0.2) is 59.3 Å². The lowest BCUT2D eigenvalue weighted by Crippen LogP contribution is -2.56. The monoisotopic (exact) mass is 267 g/mol. The molecule has 2 amide bonds. The molecule has 1 atom stereocenters. The second kappa shape index (κ2) is 5.70.